The maximum absolute atomic E-state index is 15.4. The summed E-state index contributed by atoms with van der Waals surface area (Å²) in [5, 5.41) is 29.6. The van der Waals surface area contributed by atoms with E-state index in [-0.39, 0.29) is 47.4 Å². The minimum absolute atomic E-state index is 0.0201. The molecule has 6 N–H and O–H groups in total. The molecule has 6 rings (SSSR count). The summed E-state index contributed by atoms with van der Waals surface area (Å²) < 4.78 is 18.1. The Balaban J connectivity index is 1.42. The molecule has 5 unspecified atom stereocenters. The minimum atomic E-state index is -1.23. The summed E-state index contributed by atoms with van der Waals surface area (Å²) in [5.41, 5.74) is 14.3. The van der Waals surface area contributed by atoms with Crippen molar-refractivity contribution in [3.63, 3.8) is 0 Å². The molecule has 0 spiro atoms. The number of nitrogens with one attached hydrogen (secondary N) is 2. The number of nitrogens with two attached hydrogens (primary N) is 1. The maximum atomic E-state index is 15.4. The number of rotatable bonds is 6. The third-order valence-corrected chi connectivity index (χ3v) is 9.71. The lowest BCUT2D eigenvalue weighted by Gasteiger charge is -2.39. The van der Waals surface area contributed by atoms with Crippen molar-refractivity contribution < 1.29 is 19.4 Å². The molecule has 12 heteroatoms. The van der Waals surface area contributed by atoms with Crippen LogP contribution in [0.1, 0.15) is 81.5 Å². The van der Waals surface area contributed by atoms with Crippen LogP contribution >= 0.6 is 0 Å². The van der Waals surface area contributed by atoms with Crippen molar-refractivity contribution in [3.05, 3.63) is 87.3 Å². The van der Waals surface area contributed by atoms with Crippen molar-refractivity contribution in [2.45, 2.75) is 89.1 Å². The second kappa shape index (κ2) is 11.1. The van der Waals surface area contributed by atoms with E-state index in [0.29, 0.717) is 29.5 Å². The number of hydrazine groups is 1. The van der Waals surface area contributed by atoms with Crippen molar-refractivity contribution in [2.24, 2.45) is 11.7 Å². The van der Waals surface area contributed by atoms with Crippen LogP contribution in [0.25, 0.3) is 16.5 Å². The fourth-order valence-corrected chi connectivity index (χ4v) is 6.91. The highest BCUT2D eigenvalue weighted by Crippen LogP contribution is 2.47. The molecule has 1 aliphatic carbocycles. The first kappa shape index (κ1) is 31.0. The largest absolute Gasteiger partial charge is 0.479 e. The molecule has 2 aliphatic rings. The first-order valence-electron chi connectivity index (χ1n) is 15.2. The molecule has 45 heavy (non-hydrogen) atoms. The molecule has 5 atom stereocenters. The zero-order valence-corrected chi connectivity index (χ0v) is 26.1. The number of aliphatic hydroxyl groups is 1. The van der Waals surface area contributed by atoms with Crippen LogP contribution in [0.3, 0.4) is 0 Å². The van der Waals surface area contributed by atoms with Crippen molar-refractivity contribution in [1.82, 2.24) is 30.4 Å². The number of carboxylic acid groups (broad SMARTS) is 1. The third kappa shape index (κ3) is 5.25. The Morgan fingerprint density at radius 2 is 1.87 bits per heavy atom. The summed E-state index contributed by atoms with van der Waals surface area (Å²) in [7, 11) is 0. The highest BCUT2D eigenvalue weighted by atomic mass is 19.1. The van der Waals surface area contributed by atoms with Crippen molar-refractivity contribution in [2.75, 3.05) is 0 Å². The number of halogens is 1. The highest BCUT2D eigenvalue weighted by Gasteiger charge is 2.46. The molecule has 3 heterocycles. The van der Waals surface area contributed by atoms with Crippen LogP contribution < -0.4 is 22.1 Å². The number of carbonyl (C=O) groups is 1. The number of aromatic nitrogens is 4. The quantitative estimate of drug-likeness (QED) is 0.219. The molecule has 0 bridgehead atoms. The molecule has 2 aromatic heterocycles. The van der Waals surface area contributed by atoms with Crippen LogP contribution in [0.2, 0.25) is 0 Å². The van der Waals surface area contributed by atoms with Gasteiger partial charge in [-0.2, -0.15) is 14.9 Å². The molecule has 1 saturated carbocycles. The number of fused-ring (bicyclic) bond motifs is 2. The molecule has 4 aromatic rings. The van der Waals surface area contributed by atoms with Gasteiger partial charge in [-0.05, 0) is 72.9 Å². The van der Waals surface area contributed by atoms with Gasteiger partial charge in [-0.15, -0.1) is 0 Å². The van der Waals surface area contributed by atoms with E-state index >= 15 is 4.39 Å². The van der Waals surface area contributed by atoms with Gasteiger partial charge in [0.05, 0.1) is 36.2 Å². The van der Waals surface area contributed by atoms with Gasteiger partial charge in [0.1, 0.15) is 5.82 Å². The van der Waals surface area contributed by atoms with Crippen LogP contribution in [0.4, 0.5) is 4.39 Å². The van der Waals surface area contributed by atoms with E-state index in [1.54, 1.807) is 38.4 Å². The number of benzene rings is 2. The summed E-state index contributed by atoms with van der Waals surface area (Å²) in [6.07, 6.45) is 6.03. The molecule has 1 aliphatic heterocycles. The fraction of sp³-hybridized carbons (Fsp3) is 0.455. The van der Waals surface area contributed by atoms with Gasteiger partial charge in [-0.3, -0.25) is 14.9 Å². The third-order valence-electron chi connectivity index (χ3n) is 9.71. The number of hydrogen-bond acceptors (Lipinski definition) is 8. The Labute approximate surface area is 260 Å². The Bertz CT molecular complexity index is 1840. The van der Waals surface area contributed by atoms with Gasteiger partial charge in [-0.25, -0.2) is 14.6 Å². The Morgan fingerprint density at radius 3 is 2.56 bits per heavy atom. The predicted molar refractivity (Wildman–Crippen MR) is 167 cm³/mol. The average molecular weight is 618 g/mol. The SMILES string of the molecule is CC(C)(C)c1cc(F)c2c(=O)n(-c3cccc(C4CC(c5cnn(C(C)(C)C(=O)O)c5)C5NNC(N)C5C4)c3CO)ncc2c1. The normalized spacial score (nSPS) is 23.8. The van der Waals surface area contributed by atoms with E-state index < -0.39 is 22.9 Å². The minimum Gasteiger partial charge on any atom is -0.479 e. The Morgan fingerprint density at radius 1 is 1.11 bits per heavy atom. The van der Waals surface area contributed by atoms with E-state index in [4.69, 9.17) is 5.73 Å². The second-order valence-electron chi connectivity index (χ2n) is 13.9. The predicted octanol–water partition coefficient (Wildman–Crippen LogP) is 3.37. The van der Waals surface area contributed by atoms with Gasteiger partial charge in [0, 0.05) is 35.0 Å². The van der Waals surface area contributed by atoms with Gasteiger partial charge in [0.2, 0.25) is 0 Å². The van der Waals surface area contributed by atoms with Crippen molar-refractivity contribution >= 4 is 16.7 Å². The molecule has 2 aromatic carbocycles. The molecular formula is C33H40FN7O4. The van der Waals surface area contributed by atoms with Crippen LogP contribution in [-0.4, -0.2) is 48.0 Å². The number of aliphatic carboxylic acids is 1. The number of hydrogen-bond donors (Lipinski definition) is 5. The van der Waals surface area contributed by atoms with Gasteiger partial charge in [-0.1, -0.05) is 32.9 Å². The monoisotopic (exact) mass is 617 g/mol. The molecule has 0 amide bonds. The lowest BCUT2D eigenvalue weighted by molar-refractivity contribution is -0.146. The van der Waals surface area contributed by atoms with Gasteiger partial charge in [0.25, 0.3) is 5.56 Å². The second-order valence-corrected chi connectivity index (χ2v) is 13.9. The molecule has 238 valence electrons. The van der Waals surface area contributed by atoms with Crippen LogP contribution in [-0.2, 0) is 22.4 Å². The lowest BCUT2D eigenvalue weighted by atomic mass is 9.67. The van der Waals surface area contributed by atoms with Crippen molar-refractivity contribution in [1.29, 1.82) is 0 Å². The zero-order valence-electron chi connectivity index (χ0n) is 26.1. The molecular weight excluding hydrogens is 577 g/mol. The summed E-state index contributed by atoms with van der Waals surface area (Å²) in [5.74, 6) is -1.72. The van der Waals surface area contributed by atoms with E-state index in [1.165, 1.54) is 21.6 Å². The number of aliphatic hydroxyl groups excluding tert-OH is 1. The molecule has 0 radical (unpaired) electrons. The lowest BCUT2D eigenvalue weighted by Crippen LogP contribution is -2.42. The molecule has 1 saturated heterocycles. The summed E-state index contributed by atoms with van der Waals surface area (Å²) >= 11 is 0. The zero-order chi connectivity index (χ0) is 32.4. The van der Waals surface area contributed by atoms with E-state index in [1.807, 2.05) is 32.9 Å². The summed E-state index contributed by atoms with van der Waals surface area (Å²) in [6, 6.07) is 8.66. The Hall–Kier alpha value is -3.97. The average Bonchev–Trinajstić information content (AvgIpc) is 3.63. The van der Waals surface area contributed by atoms with E-state index in [2.05, 4.69) is 21.0 Å². The summed E-state index contributed by atoms with van der Waals surface area (Å²) in [6.45, 7) is 8.78. The van der Waals surface area contributed by atoms with E-state index in [0.717, 1.165) is 16.7 Å². The first-order chi connectivity index (χ1) is 21.2. The highest BCUT2D eigenvalue weighted by molar-refractivity contribution is 5.82. The van der Waals surface area contributed by atoms with Gasteiger partial charge < -0.3 is 15.9 Å². The Kier molecular flexibility index (Phi) is 7.67. The standard InChI is InChI=1S/C33H40FN7O4/c1-32(2,3)20-9-18-13-37-41(30(43)27(18)25(34)12-20)26-8-6-7-21(24(26)16-42)17-10-22(28-23(11-17)29(35)39-38-28)19-14-36-40(15-19)33(4,5)31(44)45/h6-9,12-15,17,22-23,28-29,38-39,42H,10-11,16,35H2,1-5H3,(H,44,45). The van der Waals surface area contributed by atoms with Crippen molar-refractivity contribution in [3.8, 4) is 5.69 Å². The van der Waals surface area contributed by atoms with E-state index in [9.17, 15) is 19.8 Å². The topological polar surface area (TPSA) is 160 Å². The maximum Gasteiger partial charge on any atom is 0.331 e. The smallest absolute Gasteiger partial charge is 0.331 e. The molecule has 11 nitrogen and oxygen atoms in total. The van der Waals surface area contributed by atoms with Gasteiger partial charge >= 0.3 is 5.97 Å². The summed E-state index contributed by atoms with van der Waals surface area (Å²) in [4.78, 5) is 25.6. The first-order valence-corrected chi connectivity index (χ1v) is 15.2. The van der Waals surface area contributed by atoms with Gasteiger partial charge in [0.15, 0.2) is 5.54 Å². The van der Waals surface area contributed by atoms with Crippen LogP contribution in [0, 0.1) is 11.7 Å². The fourth-order valence-electron chi connectivity index (χ4n) is 6.91. The van der Waals surface area contributed by atoms with Crippen LogP contribution in [0.5, 0.6) is 0 Å². The number of carboxylic acids is 1. The number of nitrogens with zero attached hydrogens (tertiary/aromatic N) is 4. The molecule has 2 fully saturated rings. The van der Waals surface area contributed by atoms with Crippen LogP contribution in [0.15, 0.2) is 53.7 Å².